The molecule has 0 aromatic carbocycles. The zero-order valence-electron chi connectivity index (χ0n) is 9.01. The summed E-state index contributed by atoms with van der Waals surface area (Å²) >= 11 is 5.69. The van der Waals surface area contributed by atoms with Gasteiger partial charge in [-0.05, 0) is 6.92 Å². The van der Waals surface area contributed by atoms with Gasteiger partial charge in [-0.1, -0.05) is 11.6 Å². The van der Waals surface area contributed by atoms with E-state index in [1.165, 1.54) is 6.07 Å². The predicted octanol–water partition coefficient (Wildman–Crippen LogP) is 0.987. The van der Waals surface area contributed by atoms with Crippen molar-refractivity contribution in [1.29, 1.82) is 0 Å². The number of aryl methyl sites for hydroxylation is 2. The highest BCUT2D eigenvalue weighted by Gasteiger charge is 2.06. The van der Waals surface area contributed by atoms with Crippen molar-refractivity contribution >= 4 is 11.6 Å². The maximum atomic E-state index is 11.7. The lowest BCUT2D eigenvalue weighted by atomic mass is 10.4. The van der Waals surface area contributed by atoms with E-state index in [0.717, 1.165) is 5.69 Å². The Bertz CT molecular complexity index is 572. The van der Waals surface area contributed by atoms with E-state index in [1.807, 2.05) is 11.6 Å². The van der Waals surface area contributed by atoms with Crippen LogP contribution in [0.1, 0.15) is 11.5 Å². The van der Waals surface area contributed by atoms with Gasteiger partial charge >= 0.3 is 0 Å². The largest absolute Gasteiger partial charge is 0.336 e. The van der Waals surface area contributed by atoms with Crippen molar-refractivity contribution in [2.45, 2.75) is 13.5 Å². The number of imidazole rings is 1. The van der Waals surface area contributed by atoms with Crippen LogP contribution in [0.2, 0.25) is 5.15 Å². The van der Waals surface area contributed by atoms with Gasteiger partial charge in [-0.25, -0.2) is 9.97 Å². The Morgan fingerprint density at radius 3 is 2.81 bits per heavy atom. The average Bonchev–Trinajstić information content (AvgIpc) is 2.57. The highest BCUT2D eigenvalue weighted by molar-refractivity contribution is 6.29. The topological polar surface area (TPSA) is 52.7 Å². The first-order valence-corrected chi connectivity index (χ1v) is 5.15. The normalized spacial score (nSPS) is 10.7. The lowest BCUT2D eigenvalue weighted by molar-refractivity contribution is 0.661. The van der Waals surface area contributed by atoms with Crippen LogP contribution in [0.4, 0.5) is 0 Å². The van der Waals surface area contributed by atoms with Gasteiger partial charge in [0.05, 0.1) is 18.6 Å². The SMILES string of the molecule is Cc1nc(Cl)cc(=O)n1Cc1cncn1C. The molecule has 2 aromatic heterocycles. The first-order valence-electron chi connectivity index (χ1n) is 4.77. The van der Waals surface area contributed by atoms with E-state index in [2.05, 4.69) is 9.97 Å². The van der Waals surface area contributed by atoms with E-state index >= 15 is 0 Å². The molecule has 5 nitrogen and oxygen atoms in total. The molecule has 2 heterocycles. The summed E-state index contributed by atoms with van der Waals surface area (Å²) in [5, 5.41) is 0.226. The lowest BCUT2D eigenvalue weighted by Crippen LogP contribution is -2.24. The molecule has 0 aliphatic rings. The van der Waals surface area contributed by atoms with Crippen molar-refractivity contribution < 1.29 is 0 Å². The van der Waals surface area contributed by atoms with Gasteiger partial charge in [-0.3, -0.25) is 9.36 Å². The minimum atomic E-state index is -0.154. The summed E-state index contributed by atoms with van der Waals surface area (Å²) in [6.07, 6.45) is 3.42. The Balaban J connectivity index is 2.43. The fourth-order valence-corrected chi connectivity index (χ4v) is 1.69. The quantitative estimate of drug-likeness (QED) is 0.733. The van der Waals surface area contributed by atoms with E-state index < -0.39 is 0 Å². The zero-order chi connectivity index (χ0) is 11.7. The molecule has 0 saturated heterocycles. The average molecular weight is 239 g/mol. The van der Waals surface area contributed by atoms with E-state index in [4.69, 9.17) is 11.6 Å². The third kappa shape index (κ3) is 1.99. The number of nitrogens with zero attached hydrogens (tertiary/aromatic N) is 4. The van der Waals surface area contributed by atoms with Crippen LogP contribution in [-0.2, 0) is 13.6 Å². The molecule has 0 N–H and O–H groups in total. The second kappa shape index (κ2) is 4.09. The van der Waals surface area contributed by atoms with Crippen LogP contribution in [0.5, 0.6) is 0 Å². The fraction of sp³-hybridized carbons (Fsp3) is 0.300. The van der Waals surface area contributed by atoms with Crippen LogP contribution < -0.4 is 5.56 Å². The highest BCUT2D eigenvalue weighted by Crippen LogP contribution is 2.04. The molecule has 2 rings (SSSR count). The number of aromatic nitrogens is 4. The number of halogens is 1. The van der Waals surface area contributed by atoms with Crippen LogP contribution in [0.25, 0.3) is 0 Å². The minimum Gasteiger partial charge on any atom is -0.336 e. The number of hydrogen-bond acceptors (Lipinski definition) is 3. The zero-order valence-corrected chi connectivity index (χ0v) is 9.77. The molecule has 0 aliphatic heterocycles. The summed E-state index contributed by atoms with van der Waals surface area (Å²) in [4.78, 5) is 19.7. The van der Waals surface area contributed by atoms with Crippen molar-refractivity contribution in [3.05, 3.63) is 45.6 Å². The fourth-order valence-electron chi connectivity index (χ4n) is 1.48. The molecule has 0 atom stereocenters. The van der Waals surface area contributed by atoms with E-state index in [1.54, 1.807) is 24.0 Å². The van der Waals surface area contributed by atoms with E-state index in [9.17, 15) is 4.79 Å². The Kier molecular flexibility index (Phi) is 2.78. The summed E-state index contributed by atoms with van der Waals surface area (Å²) in [7, 11) is 1.88. The smallest absolute Gasteiger partial charge is 0.255 e. The first kappa shape index (κ1) is 10.9. The van der Waals surface area contributed by atoms with Gasteiger partial charge in [-0.15, -0.1) is 0 Å². The summed E-state index contributed by atoms with van der Waals surface area (Å²) in [6, 6.07) is 1.31. The molecule has 0 fully saturated rings. The Labute approximate surface area is 97.3 Å². The third-order valence-corrected chi connectivity index (χ3v) is 2.60. The van der Waals surface area contributed by atoms with Gasteiger partial charge in [0.25, 0.3) is 5.56 Å². The summed E-state index contributed by atoms with van der Waals surface area (Å²) in [5.74, 6) is 0.596. The standard InChI is InChI=1S/C10H11ClN4O/c1-7-13-9(11)3-10(16)15(7)5-8-4-12-6-14(8)2/h3-4,6H,5H2,1-2H3. The highest BCUT2D eigenvalue weighted by atomic mass is 35.5. The molecule has 0 bridgehead atoms. The van der Waals surface area contributed by atoms with Gasteiger partial charge < -0.3 is 4.57 Å². The maximum absolute atomic E-state index is 11.7. The third-order valence-electron chi connectivity index (χ3n) is 2.40. The van der Waals surface area contributed by atoms with Crippen LogP contribution in [0, 0.1) is 6.92 Å². The summed E-state index contributed by atoms with van der Waals surface area (Å²) in [5.41, 5.74) is 0.785. The molecular weight excluding hydrogens is 228 g/mol. The van der Waals surface area contributed by atoms with Gasteiger partial charge in [0.2, 0.25) is 0 Å². The van der Waals surface area contributed by atoms with Gasteiger partial charge in [0.15, 0.2) is 0 Å². The number of rotatable bonds is 2. The molecule has 0 aliphatic carbocycles. The maximum Gasteiger partial charge on any atom is 0.255 e. The summed E-state index contributed by atoms with van der Waals surface area (Å²) in [6.45, 7) is 2.20. The number of hydrogen-bond donors (Lipinski definition) is 0. The second-order valence-corrected chi connectivity index (χ2v) is 3.93. The molecular formula is C10H11ClN4O. The van der Waals surface area contributed by atoms with Crippen LogP contribution >= 0.6 is 11.6 Å². The van der Waals surface area contributed by atoms with E-state index in [0.29, 0.717) is 12.4 Å². The van der Waals surface area contributed by atoms with Gasteiger partial charge in [0.1, 0.15) is 11.0 Å². The molecule has 2 aromatic rings. The molecule has 0 amide bonds. The van der Waals surface area contributed by atoms with Crippen LogP contribution in [-0.4, -0.2) is 19.1 Å². The molecule has 0 saturated carbocycles. The van der Waals surface area contributed by atoms with Crippen molar-refractivity contribution in [2.24, 2.45) is 7.05 Å². The molecule has 0 unspecified atom stereocenters. The Morgan fingerprint density at radius 2 is 2.25 bits per heavy atom. The van der Waals surface area contributed by atoms with Crippen LogP contribution in [0.15, 0.2) is 23.4 Å². The molecule has 16 heavy (non-hydrogen) atoms. The van der Waals surface area contributed by atoms with Gasteiger partial charge in [-0.2, -0.15) is 0 Å². The minimum absolute atomic E-state index is 0.154. The first-order chi connectivity index (χ1) is 7.58. The monoisotopic (exact) mass is 238 g/mol. The van der Waals surface area contributed by atoms with Crippen molar-refractivity contribution in [2.75, 3.05) is 0 Å². The molecule has 6 heteroatoms. The van der Waals surface area contributed by atoms with E-state index in [-0.39, 0.29) is 10.7 Å². The second-order valence-electron chi connectivity index (χ2n) is 3.55. The Morgan fingerprint density at radius 1 is 1.50 bits per heavy atom. The van der Waals surface area contributed by atoms with Crippen molar-refractivity contribution in [1.82, 2.24) is 19.1 Å². The lowest BCUT2D eigenvalue weighted by Gasteiger charge is -2.09. The van der Waals surface area contributed by atoms with Crippen molar-refractivity contribution in [3.8, 4) is 0 Å². The van der Waals surface area contributed by atoms with Crippen LogP contribution in [0.3, 0.4) is 0 Å². The molecule has 0 radical (unpaired) electrons. The molecule has 0 spiro atoms. The Hall–Kier alpha value is -1.62. The predicted molar refractivity (Wildman–Crippen MR) is 60.6 cm³/mol. The summed E-state index contributed by atoms with van der Waals surface area (Å²) < 4.78 is 3.42. The van der Waals surface area contributed by atoms with Gasteiger partial charge in [0, 0.05) is 19.3 Å². The molecule has 84 valence electrons. The van der Waals surface area contributed by atoms with Crippen molar-refractivity contribution in [3.63, 3.8) is 0 Å².